The van der Waals surface area contributed by atoms with Crippen LogP contribution in [0.15, 0.2) is 63.9 Å². The van der Waals surface area contributed by atoms with Crippen molar-refractivity contribution in [2.45, 2.75) is 91.6 Å². The normalized spacial score (nSPS) is 23.0. The molecule has 1 aliphatic heterocycles. The van der Waals surface area contributed by atoms with Crippen LogP contribution in [-0.2, 0) is 14.3 Å². The fourth-order valence-corrected chi connectivity index (χ4v) is 4.69. The number of oxazole rings is 1. The van der Waals surface area contributed by atoms with Gasteiger partial charge in [-0.05, 0) is 55.9 Å². The highest BCUT2D eigenvalue weighted by Gasteiger charge is 2.32. The number of aromatic nitrogens is 1. The number of allylic oxidation sites excluding steroid dienone is 6. The molecular formula is C32H45NO8. The minimum absolute atomic E-state index is 0.0587. The maximum absolute atomic E-state index is 11.9. The van der Waals surface area contributed by atoms with Crippen molar-refractivity contribution in [3.05, 3.63) is 71.0 Å². The molecule has 226 valence electrons. The third-order valence-electron chi connectivity index (χ3n) is 7.42. The standard InChI is InChI=1S/C32H45NO8/c1-19(13-26-18-40-24(6)33-26)9-7-12-22(4)32(39)23(5)28(35)17-27(34)20(2)10-8-11-21(3)29-14-25(15-30(36)37)16-31(38)41-29/h7-13,18,21,23,25,27-29,32,34-35,39H,14-17H2,1-6H3,(H,36,37)/t21-,23+,25+,27-,28+,29-,32+/m1/s1. The van der Waals surface area contributed by atoms with E-state index in [1.54, 1.807) is 52.2 Å². The number of aryl methyl sites for hydroxylation is 1. The average Bonchev–Trinajstić information content (AvgIpc) is 3.30. The van der Waals surface area contributed by atoms with Crippen LogP contribution in [0.5, 0.6) is 0 Å². The molecule has 1 aromatic rings. The van der Waals surface area contributed by atoms with Gasteiger partial charge in [0, 0.05) is 38.0 Å². The fraction of sp³-hybridized carbons (Fsp3) is 0.531. The first kappa shape index (κ1) is 33.9. The molecule has 0 aliphatic carbocycles. The van der Waals surface area contributed by atoms with E-state index in [1.807, 2.05) is 38.2 Å². The highest BCUT2D eigenvalue weighted by Crippen LogP contribution is 2.29. The van der Waals surface area contributed by atoms with Crippen molar-refractivity contribution in [1.29, 1.82) is 0 Å². The molecule has 0 aromatic carbocycles. The van der Waals surface area contributed by atoms with Gasteiger partial charge in [-0.1, -0.05) is 50.3 Å². The zero-order valence-electron chi connectivity index (χ0n) is 24.9. The third-order valence-corrected chi connectivity index (χ3v) is 7.42. The van der Waals surface area contributed by atoms with Crippen molar-refractivity contribution in [2.24, 2.45) is 17.8 Å². The lowest BCUT2D eigenvalue weighted by molar-refractivity contribution is -0.160. The van der Waals surface area contributed by atoms with Gasteiger partial charge < -0.3 is 29.6 Å². The van der Waals surface area contributed by atoms with Crippen molar-refractivity contribution in [3.63, 3.8) is 0 Å². The summed E-state index contributed by atoms with van der Waals surface area (Å²) in [6, 6.07) is 0. The smallest absolute Gasteiger partial charge is 0.306 e. The van der Waals surface area contributed by atoms with Gasteiger partial charge in [0.2, 0.25) is 0 Å². The first-order valence-corrected chi connectivity index (χ1v) is 14.0. The number of rotatable bonds is 14. The summed E-state index contributed by atoms with van der Waals surface area (Å²) in [5, 5.41) is 41.1. The van der Waals surface area contributed by atoms with Crippen LogP contribution in [0.2, 0.25) is 0 Å². The molecule has 0 unspecified atom stereocenters. The van der Waals surface area contributed by atoms with Crippen LogP contribution in [0, 0.1) is 24.7 Å². The molecule has 0 bridgehead atoms. The maximum atomic E-state index is 11.9. The number of aliphatic hydroxyl groups excluding tert-OH is 3. The first-order chi connectivity index (χ1) is 19.3. The maximum Gasteiger partial charge on any atom is 0.306 e. The molecule has 0 amide bonds. The minimum Gasteiger partial charge on any atom is -0.481 e. The number of hydrogen-bond acceptors (Lipinski definition) is 8. The van der Waals surface area contributed by atoms with Crippen molar-refractivity contribution in [1.82, 2.24) is 4.98 Å². The molecule has 0 radical (unpaired) electrons. The zero-order valence-corrected chi connectivity index (χ0v) is 24.9. The van der Waals surface area contributed by atoms with Crippen LogP contribution in [0.1, 0.15) is 71.9 Å². The van der Waals surface area contributed by atoms with Gasteiger partial charge in [0.05, 0.1) is 18.3 Å². The number of nitrogens with zero attached hydrogens (tertiary/aromatic N) is 1. The van der Waals surface area contributed by atoms with E-state index < -0.39 is 36.3 Å². The molecule has 0 spiro atoms. The summed E-state index contributed by atoms with van der Waals surface area (Å²) in [5.41, 5.74) is 3.01. The van der Waals surface area contributed by atoms with Gasteiger partial charge in [-0.25, -0.2) is 4.98 Å². The second-order valence-corrected chi connectivity index (χ2v) is 11.2. The molecule has 1 aromatic heterocycles. The molecule has 1 aliphatic rings. The molecule has 1 fully saturated rings. The Bertz CT molecular complexity index is 1170. The topological polar surface area (TPSA) is 150 Å². The van der Waals surface area contributed by atoms with E-state index >= 15 is 0 Å². The Labute approximate surface area is 242 Å². The number of cyclic esters (lactones) is 1. The van der Waals surface area contributed by atoms with E-state index in [0.29, 0.717) is 23.5 Å². The highest BCUT2D eigenvalue weighted by atomic mass is 16.5. The van der Waals surface area contributed by atoms with Crippen LogP contribution in [0.3, 0.4) is 0 Å². The Morgan fingerprint density at radius 3 is 2.44 bits per heavy atom. The molecule has 41 heavy (non-hydrogen) atoms. The summed E-state index contributed by atoms with van der Waals surface area (Å²) in [6.45, 7) is 10.9. The van der Waals surface area contributed by atoms with Crippen molar-refractivity contribution < 1.29 is 39.2 Å². The van der Waals surface area contributed by atoms with E-state index in [2.05, 4.69) is 4.98 Å². The van der Waals surface area contributed by atoms with E-state index in [1.165, 1.54) is 0 Å². The summed E-state index contributed by atoms with van der Waals surface area (Å²) >= 11 is 0. The Balaban J connectivity index is 1.89. The fourth-order valence-electron chi connectivity index (χ4n) is 4.69. The summed E-state index contributed by atoms with van der Waals surface area (Å²) in [4.78, 5) is 27.2. The summed E-state index contributed by atoms with van der Waals surface area (Å²) in [5.74, 6) is -1.59. The van der Waals surface area contributed by atoms with Gasteiger partial charge in [0.25, 0.3) is 0 Å². The molecule has 1 saturated heterocycles. The molecule has 7 atom stereocenters. The molecule has 0 saturated carbocycles. The van der Waals surface area contributed by atoms with E-state index in [-0.39, 0.29) is 37.1 Å². The Morgan fingerprint density at radius 2 is 1.80 bits per heavy atom. The second kappa shape index (κ2) is 16.2. The number of aliphatic carboxylic acids is 1. The first-order valence-electron chi connectivity index (χ1n) is 14.0. The van der Waals surface area contributed by atoms with Crippen LogP contribution in [0.4, 0.5) is 0 Å². The van der Waals surface area contributed by atoms with Gasteiger partial charge in [0.15, 0.2) is 5.89 Å². The molecule has 9 nitrogen and oxygen atoms in total. The van der Waals surface area contributed by atoms with E-state index in [4.69, 9.17) is 14.3 Å². The Hall–Kier alpha value is -3.27. The lowest BCUT2D eigenvalue weighted by atomic mass is 9.87. The second-order valence-electron chi connectivity index (χ2n) is 11.2. The monoisotopic (exact) mass is 571 g/mol. The Morgan fingerprint density at radius 1 is 1.12 bits per heavy atom. The van der Waals surface area contributed by atoms with Crippen LogP contribution >= 0.6 is 0 Å². The lowest BCUT2D eigenvalue weighted by Crippen LogP contribution is -2.34. The van der Waals surface area contributed by atoms with Crippen LogP contribution in [-0.4, -0.2) is 61.8 Å². The highest BCUT2D eigenvalue weighted by molar-refractivity contribution is 5.73. The number of ether oxygens (including phenoxy) is 1. The summed E-state index contributed by atoms with van der Waals surface area (Å²) in [6.07, 6.45) is 11.8. The average molecular weight is 572 g/mol. The minimum atomic E-state index is -0.941. The van der Waals surface area contributed by atoms with Crippen molar-refractivity contribution >= 4 is 18.0 Å². The number of carbonyl (C=O) groups excluding carboxylic acids is 1. The van der Waals surface area contributed by atoms with Gasteiger partial charge in [-0.2, -0.15) is 0 Å². The van der Waals surface area contributed by atoms with Crippen molar-refractivity contribution in [2.75, 3.05) is 0 Å². The molecule has 2 heterocycles. The summed E-state index contributed by atoms with van der Waals surface area (Å²) < 4.78 is 10.6. The number of carboxylic acids is 1. The van der Waals surface area contributed by atoms with Crippen LogP contribution < -0.4 is 0 Å². The third kappa shape index (κ3) is 11.6. The van der Waals surface area contributed by atoms with Gasteiger partial charge in [0.1, 0.15) is 18.1 Å². The number of aliphatic hydroxyl groups is 3. The van der Waals surface area contributed by atoms with Gasteiger partial charge >= 0.3 is 11.9 Å². The Kier molecular flexibility index (Phi) is 13.4. The number of esters is 1. The van der Waals surface area contributed by atoms with E-state index in [9.17, 15) is 24.9 Å². The predicted molar refractivity (Wildman–Crippen MR) is 157 cm³/mol. The number of carbonyl (C=O) groups is 2. The summed E-state index contributed by atoms with van der Waals surface area (Å²) in [7, 11) is 0. The van der Waals surface area contributed by atoms with E-state index in [0.717, 1.165) is 11.3 Å². The van der Waals surface area contributed by atoms with Crippen molar-refractivity contribution in [3.8, 4) is 0 Å². The molecule has 9 heteroatoms. The molecule has 2 rings (SSSR count). The number of carboxylic acid groups (broad SMARTS) is 1. The number of hydrogen-bond donors (Lipinski definition) is 4. The molecule has 4 N–H and O–H groups in total. The zero-order chi connectivity index (χ0) is 30.7. The molecular weight excluding hydrogens is 526 g/mol. The lowest BCUT2D eigenvalue weighted by Gasteiger charge is -2.30. The van der Waals surface area contributed by atoms with Crippen LogP contribution in [0.25, 0.3) is 6.08 Å². The van der Waals surface area contributed by atoms with Gasteiger partial charge in [-0.3, -0.25) is 9.59 Å². The largest absolute Gasteiger partial charge is 0.481 e. The SMILES string of the molecule is CC(C=CC=C(C)[C@H](O)[C@@H](C)[C@@H](O)C[C@@H](O)C(C)=CC=C[C@@H](C)[C@H]1C[C@@H](CC(=O)O)CC(=O)O1)=Cc1coc(C)n1. The quantitative estimate of drug-likeness (QED) is 0.180. The predicted octanol–water partition coefficient (Wildman–Crippen LogP) is 4.93. The van der Waals surface area contributed by atoms with Gasteiger partial charge in [-0.15, -0.1) is 0 Å².